The summed E-state index contributed by atoms with van der Waals surface area (Å²) < 4.78 is 25.3. The fourth-order valence-electron chi connectivity index (χ4n) is 3.03. The number of aromatic nitrogens is 1. The first-order chi connectivity index (χ1) is 12.8. The van der Waals surface area contributed by atoms with Crippen LogP contribution in [0.1, 0.15) is 42.7 Å². The Labute approximate surface area is 164 Å². The summed E-state index contributed by atoms with van der Waals surface area (Å²) >= 11 is 1.45. The van der Waals surface area contributed by atoms with Crippen LogP contribution in [0.3, 0.4) is 0 Å². The molecule has 0 saturated carbocycles. The van der Waals surface area contributed by atoms with Crippen LogP contribution >= 0.6 is 11.3 Å². The van der Waals surface area contributed by atoms with E-state index in [1.165, 1.54) is 21.2 Å². The van der Waals surface area contributed by atoms with E-state index in [0.29, 0.717) is 37.8 Å². The van der Waals surface area contributed by atoms with Gasteiger partial charge in [0.05, 0.1) is 5.75 Å². The summed E-state index contributed by atoms with van der Waals surface area (Å²) in [5.74, 6) is 0.430. The molecular formula is C19H25N3O3S2. The third-order valence-corrected chi connectivity index (χ3v) is 7.60. The van der Waals surface area contributed by atoms with Crippen molar-refractivity contribution >= 4 is 27.3 Å². The summed E-state index contributed by atoms with van der Waals surface area (Å²) in [6.45, 7) is 7.42. The average molecular weight is 408 g/mol. The number of carbonyl (C=O) groups excluding carboxylic acids is 1. The smallest absolute Gasteiger partial charge is 0.273 e. The zero-order valence-corrected chi connectivity index (χ0v) is 17.5. The van der Waals surface area contributed by atoms with Crippen LogP contribution in [0.15, 0.2) is 29.6 Å². The van der Waals surface area contributed by atoms with Gasteiger partial charge in [0.2, 0.25) is 10.0 Å². The minimum Gasteiger partial charge on any atom is -0.335 e. The third-order valence-electron chi connectivity index (χ3n) is 4.83. The van der Waals surface area contributed by atoms with Crippen LogP contribution in [0.5, 0.6) is 0 Å². The molecule has 2 heterocycles. The number of amides is 1. The molecule has 0 radical (unpaired) electrons. The van der Waals surface area contributed by atoms with Crippen LogP contribution in [-0.4, -0.2) is 60.4 Å². The van der Waals surface area contributed by atoms with E-state index < -0.39 is 10.0 Å². The molecule has 27 heavy (non-hydrogen) atoms. The molecule has 1 amide bonds. The second kappa shape index (κ2) is 8.08. The molecule has 1 aliphatic heterocycles. The van der Waals surface area contributed by atoms with Crippen LogP contribution < -0.4 is 0 Å². The van der Waals surface area contributed by atoms with E-state index in [0.717, 1.165) is 10.6 Å². The molecular weight excluding hydrogens is 382 g/mol. The van der Waals surface area contributed by atoms with E-state index in [-0.39, 0.29) is 11.7 Å². The van der Waals surface area contributed by atoms with Gasteiger partial charge >= 0.3 is 0 Å². The quantitative estimate of drug-likeness (QED) is 0.764. The maximum Gasteiger partial charge on any atom is 0.273 e. The molecule has 1 fully saturated rings. The summed E-state index contributed by atoms with van der Waals surface area (Å²) in [5, 5.41) is 2.60. The predicted octanol–water partition coefficient (Wildman–Crippen LogP) is 3.04. The maximum atomic E-state index is 12.7. The SMILES string of the molecule is CCS(=O)(=O)N1CCN(C(=O)c2csc(-c3ccc(C(C)C)cc3)n2)CC1. The molecule has 1 aromatic carbocycles. The van der Waals surface area contributed by atoms with Gasteiger partial charge < -0.3 is 4.90 Å². The Morgan fingerprint density at radius 2 is 1.78 bits per heavy atom. The van der Waals surface area contributed by atoms with Gasteiger partial charge in [-0.1, -0.05) is 38.1 Å². The van der Waals surface area contributed by atoms with Crippen LogP contribution in [-0.2, 0) is 10.0 Å². The first kappa shape index (κ1) is 20.0. The molecule has 0 bridgehead atoms. The highest BCUT2D eigenvalue weighted by Crippen LogP contribution is 2.26. The number of benzene rings is 1. The Hall–Kier alpha value is -1.77. The number of sulfonamides is 1. The molecule has 0 aliphatic carbocycles. The van der Waals surface area contributed by atoms with E-state index in [1.54, 1.807) is 17.2 Å². The van der Waals surface area contributed by atoms with Gasteiger partial charge in [-0.2, -0.15) is 4.31 Å². The number of rotatable bonds is 5. The third kappa shape index (κ3) is 4.39. The van der Waals surface area contributed by atoms with Crippen molar-refractivity contribution in [3.8, 4) is 10.6 Å². The molecule has 0 unspecified atom stereocenters. The molecule has 6 nitrogen and oxygen atoms in total. The van der Waals surface area contributed by atoms with Gasteiger partial charge in [0.1, 0.15) is 10.7 Å². The molecule has 1 saturated heterocycles. The standard InChI is InChI=1S/C19H25N3O3S2/c1-4-27(24,25)22-11-9-21(10-12-22)19(23)17-13-26-18(20-17)16-7-5-15(6-8-16)14(2)3/h5-8,13-14H,4,9-12H2,1-3H3. The summed E-state index contributed by atoms with van der Waals surface area (Å²) in [5.41, 5.74) is 2.70. The number of piperazine rings is 1. The molecule has 146 valence electrons. The fraction of sp³-hybridized carbons (Fsp3) is 0.474. The van der Waals surface area contributed by atoms with Gasteiger partial charge in [-0.15, -0.1) is 11.3 Å². The van der Waals surface area contributed by atoms with Gasteiger partial charge in [-0.3, -0.25) is 4.79 Å². The van der Waals surface area contributed by atoms with Crippen molar-refractivity contribution in [3.63, 3.8) is 0 Å². The Morgan fingerprint density at radius 1 is 1.15 bits per heavy atom. The van der Waals surface area contributed by atoms with E-state index in [1.807, 2.05) is 12.1 Å². The van der Waals surface area contributed by atoms with Crippen molar-refractivity contribution in [2.24, 2.45) is 0 Å². The highest BCUT2D eigenvalue weighted by atomic mass is 32.2. The predicted molar refractivity (Wildman–Crippen MR) is 109 cm³/mol. The number of hydrogen-bond donors (Lipinski definition) is 0. The molecule has 8 heteroatoms. The minimum atomic E-state index is -3.19. The Balaban J connectivity index is 1.67. The molecule has 2 aromatic rings. The Bertz CT molecular complexity index is 897. The largest absolute Gasteiger partial charge is 0.335 e. The van der Waals surface area contributed by atoms with E-state index >= 15 is 0 Å². The van der Waals surface area contributed by atoms with Crippen LogP contribution in [0.25, 0.3) is 10.6 Å². The van der Waals surface area contributed by atoms with E-state index in [4.69, 9.17) is 0 Å². The zero-order chi connectivity index (χ0) is 19.6. The highest BCUT2D eigenvalue weighted by molar-refractivity contribution is 7.89. The zero-order valence-electron chi connectivity index (χ0n) is 15.9. The second-order valence-corrected chi connectivity index (χ2v) is 10.0. The van der Waals surface area contributed by atoms with E-state index in [9.17, 15) is 13.2 Å². The van der Waals surface area contributed by atoms with Gasteiger partial charge in [-0.25, -0.2) is 13.4 Å². The summed E-state index contributed by atoms with van der Waals surface area (Å²) in [7, 11) is -3.19. The van der Waals surface area contributed by atoms with Crippen molar-refractivity contribution in [2.45, 2.75) is 26.7 Å². The number of nitrogens with zero attached hydrogens (tertiary/aromatic N) is 3. The second-order valence-electron chi connectivity index (χ2n) is 6.91. The lowest BCUT2D eigenvalue weighted by atomic mass is 10.0. The van der Waals surface area contributed by atoms with Crippen LogP contribution in [0.4, 0.5) is 0 Å². The van der Waals surface area contributed by atoms with E-state index in [2.05, 4.69) is 31.0 Å². The lowest BCUT2D eigenvalue weighted by Gasteiger charge is -2.33. The lowest BCUT2D eigenvalue weighted by Crippen LogP contribution is -2.50. The van der Waals surface area contributed by atoms with Crippen LogP contribution in [0.2, 0.25) is 0 Å². The summed E-state index contributed by atoms with van der Waals surface area (Å²) in [6.07, 6.45) is 0. The molecule has 0 N–H and O–H groups in total. The summed E-state index contributed by atoms with van der Waals surface area (Å²) in [4.78, 5) is 18.9. The normalized spacial score (nSPS) is 16.1. The molecule has 1 aliphatic rings. The van der Waals surface area contributed by atoms with Gasteiger partial charge in [-0.05, 0) is 18.4 Å². The molecule has 0 atom stereocenters. The first-order valence-electron chi connectivity index (χ1n) is 9.14. The molecule has 1 aromatic heterocycles. The Morgan fingerprint density at radius 3 is 2.33 bits per heavy atom. The minimum absolute atomic E-state index is 0.0893. The highest BCUT2D eigenvalue weighted by Gasteiger charge is 2.29. The van der Waals surface area contributed by atoms with Crippen molar-refractivity contribution in [2.75, 3.05) is 31.9 Å². The van der Waals surface area contributed by atoms with Crippen LogP contribution in [0, 0.1) is 0 Å². The number of hydrogen-bond acceptors (Lipinski definition) is 5. The maximum absolute atomic E-state index is 12.7. The first-order valence-corrected chi connectivity index (χ1v) is 11.6. The molecule has 0 spiro atoms. The summed E-state index contributed by atoms with van der Waals surface area (Å²) in [6, 6.07) is 8.26. The van der Waals surface area contributed by atoms with Gasteiger partial charge in [0, 0.05) is 37.1 Å². The molecule has 3 rings (SSSR count). The average Bonchev–Trinajstić information content (AvgIpc) is 3.17. The van der Waals surface area contributed by atoms with Crippen molar-refractivity contribution in [1.82, 2.24) is 14.2 Å². The van der Waals surface area contributed by atoms with Gasteiger partial charge in [0.15, 0.2) is 0 Å². The fourth-order valence-corrected chi connectivity index (χ4v) is 4.91. The van der Waals surface area contributed by atoms with Crippen molar-refractivity contribution in [1.29, 1.82) is 0 Å². The van der Waals surface area contributed by atoms with Crippen molar-refractivity contribution in [3.05, 3.63) is 40.9 Å². The topological polar surface area (TPSA) is 70.6 Å². The number of carbonyl (C=O) groups is 1. The van der Waals surface area contributed by atoms with Gasteiger partial charge in [0.25, 0.3) is 5.91 Å². The number of thiazole rings is 1. The monoisotopic (exact) mass is 407 g/mol. The Kier molecular flexibility index (Phi) is 5.98. The van der Waals surface area contributed by atoms with Crippen molar-refractivity contribution < 1.29 is 13.2 Å². The lowest BCUT2D eigenvalue weighted by molar-refractivity contribution is 0.0693.